The Kier molecular flexibility index (Phi) is 7.84. The molecule has 1 N–H and O–H groups in total. The van der Waals surface area contributed by atoms with E-state index >= 15 is 0 Å². The van der Waals surface area contributed by atoms with Crippen LogP contribution in [0, 0.1) is 12.8 Å². The minimum atomic E-state index is -0.461. The van der Waals surface area contributed by atoms with Gasteiger partial charge in [-0.1, -0.05) is 0 Å². The largest absolute Gasteiger partial charge is 0.444 e. The zero-order valence-electron chi connectivity index (χ0n) is 19.9. The number of nitrogens with one attached hydrogen (secondary N) is 1. The van der Waals surface area contributed by atoms with Gasteiger partial charge in [-0.05, 0) is 71.8 Å². The van der Waals surface area contributed by atoms with E-state index in [1.807, 2.05) is 49.7 Å². The summed E-state index contributed by atoms with van der Waals surface area (Å²) in [4.78, 5) is 22.0. The molecule has 1 saturated carbocycles. The molecule has 1 amide bonds. The summed E-state index contributed by atoms with van der Waals surface area (Å²) < 4.78 is 7.66. The number of likely N-dealkylation sites (tertiary alicyclic amines) is 1. The van der Waals surface area contributed by atoms with E-state index in [4.69, 9.17) is 9.73 Å². The molecule has 0 spiro atoms. The number of ether oxygens (including phenoxy) is 1. The van der Waals surface area contributed by atoms with Crippen LogP contribution in [0.4, 0.5) is 4.79 Å². The second-order valence-corrected chi connectivity index (χ2v) is 9.81. The average molecular weight is 433 g/mol. The van der Waals surface area contributed by atoms with E-state index in [1.54, 1.807) is 0 Å². The van der Waals surface area contributed by atoms with Crippen molar-refractivity contribution in [3.63, 3.8) is 0 Å². The first kappa shape index (κ1) is 23.4. The maximum atomic E-state index is 12.9. The van der Waals surface area contributed by atoms with E-state index in [-0.39, 0.29) is 12.1 Å². The molecular weight excluding hydrogens is 392 g/mol. The van der Waals surface area contributed by atoms with Crippen LogP contribution in [0.15, 0.2) is 17.4 Å². The zero-order valence-corrected chi connectivity index (χ0v) is 19.9. The van der Waals surface area contributed by atoms with Crippen molar-refractivity contribution in [3.05, 3.63) is 18.0 Å². The number of aryl methyl sites for hydroxylation is 1. The average Bonchev–Trinajstić information content (AvgIpc) is 3.44. The van der Waals surface area contributed by atoms with Crippen LogP contribution in [-0.2, 0) is 11.3 Å². The summed E-state index contributed by atoms with van der Waals surface area (Å²) in [6.45, 7) is 14.9. The standard InChI is InChI=1S/C23H40N6O2/c1-6-24-21(25-11-14-28-16-18(2)15-26-28)27-12-9-20(10-13-27)29(17-19-7-8-19)22(30)31-23(3,4)5/h15-16,19-20H,6-14,17H2,1-5H3,(H,24,25). The van der Waals surface area contributed by atoms with Crippen LogP contribution in [0.1, 0.15) is 58.9 Å². The number of aliphatic imine (C=N–C) groups is 1. The fourth-order valence-corrected chi connectivity index (χ4v) is 3.93. The molecule has 1 aromatic heterocycles. The van der Waals surface area contributed by atoms with Crippen LogP contribution in [0.25, 0.3) is 0 Å². The number of carbonyl (C=O) groups is 1. The normalized spacial score (nSPS) is 18.2. The number of amides is 1. The highest BCUT2D eigenvalue weighted by Crippen LogP contribution is 2.32. The number of hydrogen-bond acceptors (Lipinski definition) is 4. The lowest BCUT2D eigenvalue weighted by Crippen LogP contribution is -2.52. The van der Waals surface area contributed by atoms with E-state index < -0.39 is 5.60 Å². The molecule has 0 bridgehead atoms. The smallest absolute Gasteiger partial charge is 0.410 e. The van der Waals surface area contributed by atoms with Gasteiger partial charge in [0.2, 0.25) is 0 Å². The lowest BCUT2D eigenvalue weighted by molar-refractivity contribution is 0.00928. The van der Waals surface area contributed by atoms with Crippen LogP contribution in [0.3, 0.4) is 0 Å². The van der Waals surface area contributed by atoms with Gasteiger partial charge in [0.15, 0.2) is 5.96 Å². The lowest BCUT2D eigenvalue weighted by atomic mass is 10.0. The topological polar surface area (TPSA) is 75.0 Å². The zero-order chi connectivity index (χ0) is 22.4. The van der Waals surface area contributed by atoms with Gasteiger partial charge in [-0.2, -0.15) is 5.10 Å². The van der Waals surface area contributed by atoms with Crippen LogP contribution >= 0.6 is 0 Å². The van der Waals surface area contributed by atoms with Crippen LogP contribution < -0.4 is 5.32 Å². The number of rotatable bonds is 7. The van der Waals surface area contributed by atoms with Gasteiger partial charge in [0, 0.05) is 38.4 Å². The fourth-order valence-electron chi connectivity index (χ4n) is 3.93. The van der Waals surface area contributed by atoms with Crippen molar-refractivity contribution in [2.75, 3.05) is 32.7 Å². The Morgan fingerprint density at radius 3 is 2.55 bits per heavy atom. The summed E-state index contributed by atoms with van der Waals surface area (Å²) in [6.07, 6.45) is 8.09. The summed E-state index contributed by atoms with van der Waals surface area (Å²) in [7, 11) is 0. The molecule has 2 fully saturated rings. The SMILES string of the molecule is CCNC(=NCCn1cc(C)cn1)N1CCC(N(CC2CC2)C(=O)OC(C)(C)C)CC1. The van der Waals surface area contributed by atoms with E-state index in [0.29, 0.717) is 12.5 Å². The predicted molar refractivity (Wildman–Crippen MR) is 123 cm³/mol. The molecule has 0 radical (unpaired) electrons. The van der Waals surface area contributed by atoms with Crippen LogP contribution in [-0.4, -0.2) is 76.0 Å². The Bertz CT molecular complexity index is 741. The van der Waals surface area contributed by atoms with E-state index in [2.05, 4.69) is 22.2 Å². The fraction of sp³-hybridized carbons (Fsp3) is 0.783. The van der Waals surface area contributed by atoms with Crippen LogP contribution in [0.2, 0.25) is 0 Å². The highest BCUT2D eigenvalue weighted by atomic mass is 16.6. The molecule has 31 heavy (non-hydrogen) atoms. The molecule has 1 aliphatic heterocycles. The number of aromatic nitrogens is 2. The number of guanidine groups is 1. The summed E-state index contributed by atoms with van der Waals surface area (Å²) >= 11 is 0. The van der Waals surface area contributed by atoms with Gasteiger partial charge in [0.25, 0.3) is 0 Å². The van der Waals surface area contributed by atoms with Crippen molar-refractivity contribution in [2.24, 2.45) is 10.9 Å². The Morgan fingerprint density at radius 1 is 1.29 bits per heavy atom. The Morgan fingerprint density at radius 2 is 2.00 bits per heavy atom. The molecule has 0 atom stereocenters. The third-order valence-corrected chi connectivity index (χ3v) is 5.67. The second kappa shape index (κ2) is 10.4. The van der Waals surface area contributed by atoms with Crippen molar-refractivity contribution in [2.45, 2.75) is 78.5 Å². The van der Waals surface area contributed by atoms with E-state index in [0.717, 1.165) is 51.5 Å². The molecule has 1 saturated heterocycles. The van der Waals surface area contributed by atoms with Crippen LogP contribution in [0.5, 0.6) is 0 Å². The van der Waals surface area contributed by atoms with Crippen molar-refractivity contribution in [3.8, 4) is 0 Å². The maximum absolute atomic E-state index is 12.9. The first-order chi connectivity index (χ1) is 14.7. The quantitative estimate of drug-likeness (QED) is 0.529. The molecule has 1 aliphatic carbocycles. The molecule has 3 rings (SSSR count). The summed E-state index contributed by atoms with van der Waals surface area (Å²) in [5.74, 6) is 1.60. The highest BCUT2D eigenvalue weighted by Gasteiger charge is 2.35. The Hall–Kier alpha value is -2.25. The maximum Gasteiger partial charge on any atom is 0.410 e. The molecule has 0 aromatic carbocycles. The van der Waals surface area contributed by atoms with Gasteiger partial charge < -0.3 is 19.9 Å². The minimum Gasteiger partial charge on any atom is -0.444 e. The van der Waals surface area contributed by atoms with Gasteiger partial charge in [-0.3, -0.25) is 9.67 Å². The monoisotopic (exact) mass is 432 g/mol. The van der Waals surface area contributed by atoms with Crippen molar-refractivity contribution in [1.29, 1.82) is 0 Å². The molecule has 174 valence electrons. The van der Waals surface area contributed by atoms with Crippen molar-refractivity contribution in [1.82, 2.24) is 24.9 Å². The van der Waals surface area contributed by atoms with Crippen molar-refractivity contribution >= 4 is 12.1 Å². The molecule has 8 heteroatoms. The minimum absolute atomic E-state index is 0.159. The van der Waals surface area contributed by atoms with Crippen molar-refractivity contribution < 1.29 is 9.53 Å². The Balaban J connectivity index is 1.56. The van der Waals surface area contributed by atoms with Gasteiger partial charge in [-0.25, -0.2) is 4.79 Å². The lowest BCUT2D eigenvalue weighted by Gasteiger charge is -2.40. The van der Waals surface area contributed by atoms with E-state index in [9.17, 15) is 4.79 Å². The number of nitrogens with zero attached hydrogens (tertiary/aromatic N) is 5. The third-order valence-electron chi connectivity index (χ3n) is 5.67. The Labute approximate surface area is 187 Å². The third kappa shape index (κ3) is 7.43. The van der Waals surface area contributed by atoms with Gasteiger partial charge in [0.05, 0.1) is 19.3 Å². The van der Waals surface area contributed by atoms with Gasteiger partial charge >= 0.3 is 6.09 Å². The summed E-state index contributed by atoms with van der Waals surface area (Å²) in [5.41, 5.74) is 0.705. The molecular formula is C23H40N6O2. The van der Waals surface area contributed by atoms with E-state index in [1.165, 1.54) is 18.4 Å². The second-order valence-electron chi connectivity index (χ2n) is 9.81. The molecule has 1 aromatic rings. The summed E-state index contributed by atoms with van der Waals surface area (Å²) in [5, 5.41) is 7.76. The number of piperidine rings is 1. The number of carbonyl (C=O) groups excluding carboxylic acids is 1. The molecule has 2 aliphatic rings. The molecule has 8 nitrogen and oxygen atoms in total. The molecule has 0 unspecified atom stereocenters. The number of hydrogen-bond donors (Lipinski definition) is 1. The highest BCUT2D eigenvalue weighted by molar-refractivity contribution is 5.80. The summed E-state index contributed by atoms with van der Waals surface area (Å²) in [6, 6.07) is 0.238. The first-order valence-electron chi connectivity index (χ1n) is 11.8. The first-order valence-corrected chi connectivity index (χ1v) is 11.8. The predicted octanol–water partition coefficient (Wildman–Crippen LogP) is 3.27. The van der Waals surface area contributed by atoms with Gasteiger partial charge in [-0.15, -0.1) is 0 Å². The van der Waals surface area contributed by atoms with Gasteiger partial charge in [0.1, 0.15) is 5.60 Å². The molecule has 2 heterocycles.